The molecule has 0 bridgehead atoms. The van der Waals surface area contributed by atoms with Crippen LogP contribution in [0.2, 0.25) is 0 Å². The smallest absolute Gasteiger partial charge is 0.356 e. The highest BCUT2D eigenvalue weighted by atomic mass is 16.5. The highest BCUT2D eigenvalue weighted by molar-refractivity contribution is 5.88. The van der Waals surface area contributed by atoms with Crippen LogP contribution in [0.25, 0.3) is 0 Å². The third-order valence-corrected chi connectivity index (χ3v) is 2.67. The highest BCUT2D eigenvalue weighted by Gasteiger charge is 2.18. The first-order valence-corrected chi connectivity index (χ1v) is 6.27. The number of ether oxygens (including phenoxy) is 1. The molecule has 0 atom stereocenters. The predicted octanol–water partition coefficient (Wildman–Crippen LogP) is 1.87. The van der Waals surface area contributed by atoms with Crippen molar-refractivity contribution in [2.45, 2.75) is 13.8 Å². The maximum absolute atomic E-state index is 11.4. The number of carbonyl (C=O) groups is 1. The largest absolute Gasteiger partial charge is 0.464 e. The quantitative estimate of drug-likeness (QED) is 0.796. The lowest BCUT2D eigenvalue weighted by Crippen LogP contribution is -2.34. The average Bonchev–Trinajstić information content (AvgIpc) is 2.34. The minimum atomic E-state index is -0.420. The van der Waals surface area contributed by atoms with Gasteiger partial charge in [0.1, 0.15) is 5.69 Å². The van der Waals surface area contributed by atoms with Gasteiger partial charge >= 0.3 is 5.97 Å². The van der Waals surface area contributed by atoms with Crippen molar-refractivity contribution in [2.75, 3.05) is 39.6 Å². The summed E-state index contributed by atoms with van der Waals surface area (Å²) in [6.07, 6.45) is 1.60. The molecule has 0 spiro atoms. The molecule has 5 nitrogen and oxygen atoms in total. The summed E-state index contributed by atoms with van der Waals surface area (Å²) in [7, 11) is 5.47. The Balaban J connectivity index is 2.65. The van der Waals surface area contributed by atoms with Gasteiger partial charge in [-0.25, -0.2) is 9.78 Å². The molecule has 1 aromatic heterocycles. The van der Waals surface area contributed by atoms with Gasteiger partial charge < -0.3 is 15.0 Å². The van der Waals surface area contributed by atoms with Crippen molar-refractivity contribution in [3.05, 3.63) is 24.0 Å². The molecule has 1 rings (SSSR count). The summed E-state index contributed by atoms with van der Waals surface area (Å²) in [5, 5.41) is 3.34. The zero-order chi connectivity index (χ0) is 14.5. The summed E-state index contributed by atoms with van der Waals surface area (Å²) in [4.78, 5) is 17.5. The van der Waals surface area contributed by atoms with Crippen molar-refractivity contribution in [2.24, 2.45) is 5.41 Å². The minimum absolute atomic E-state index is 0.137. The first kappa shape index (κ1) is 15.4. The number of anilines is 1. The van der Waals surface area contributed by atoms with Crippen LogP contribution in [-0.2, 0) is 4.74 Å². The van der Waals surface area contributed by atoms with E-state index in [4.69, 9.17) is 0 Å². The third kappa shape index (κ3) is 5.26. The van der Waals surface area contributed by atoms with Crippen LogP contribution in [0.15, 0.2) is 18.3 Å². The van der Waals surface area contributed by atoms with E-state index in [0.29, 0.717) is 5.69 Å². The van der Waals surface area contributed by atoms with Gasteiger partial charge in [-0.2, -0.15) is 0 Å². The van der Waals surface area contributed by atoms with Crippen LogP contribution in [0.3, 0.4) is 0 Å². The van der Waals surface area contributed by atoms with Gasteiger partial charge in [0, 0.05) is 25.0 Å². The first-order chi connectivity index (χ1) is 8.84. The number of rotatable bonds is 6. The Bertz CT molecular complexity index is 430. The molecule has 0 aliphatic rings. The first-order valence-electron chi connectivity index (χ1n) is 6.27. The Labute approximate surface area is 115 Å². The van der Waals surface area contributed by atoms with Crippen LogP contribution >= 0.6 is 0 Å². The molecule has 0 aromatic carbocycles. The topological polar surface area (TPSA) is 54.5 Å². The van der Waals surface area contributed by atoms with Gasteiger partial charge in [0.2, 0.25) is 0 Å². The number of hydrogen-bond acceptors (Lipinski definition) is 5. The van der Waals surface area contributed by atoms with Crippen LogP contribution in [0.5, 0.6) is 0 Å². The zero-order valence-corrected chi connectivity index (χ0v) is 12.4. The van der Waals surface area contributed by atoms with E-state index in [2.05, 4.69) is 47.9 Å². The molecule has 0 saturated heterocycles. The van der Waals surface area contributed by atoms with E-state index in [-0.39, 0.29) is 5.41 Å². The van der Waals surface area contributed by atoms with Crippen molar-refractivity contribution in [1.29, 1.82) is 0 Å². The van der Waals surface area contributed by atoms with E-state index >= 15 is 0 Å². The van der Waals surface area contributed by atoms with Crippen LogP contribution in [0, 0.1) is 5.41 Å². The summed E-state index contributed by atoms with van der Waals surface area (Å²) in [6, 6.07) is 3.55. The molecule has 19 heavy (non-hydrogen) atoms. The summed E-state index contributed by atoms with van der Waals surface area (Å²) in [5.41, 5.74) is 1.33. The molecule has 0 fully saturated rings. The molecule has 106 valence electrons. The number of esters is 1. The zero-order valence-electron chi connectivity index (χ0n) is 12.4. The minimum Gasteiger partial charge on any atom is -0.464 e. The van der Waals surface area contributed by atoms with Gasteiger partial charge in [-0.1, -0.05) is 13.8 Å². The van der Waals surface area contributed by atoms with E-state index in [1.54, 1.807) is 12.3 Å². The predicted molar refractivity (Wildman–Crippen MR) is 76.4 cm³/mol. The second kappa shape index (κ2) is 6.52. The van der Waals surface area contributed by atoms with E-state index in [1.807, 2.05) is 6.07 Å². The number of hydrogen-bond donors (Lipinski definition) is 1. The molecule has 0 aliphatic heterocycles. The summed E-state index contributed by atoms with van der Waals surface area (Å²) in [6.45, 7) is 6.19. The molecular formula is C14H23N3O2. The lowest BCUT2D eigenvalue weighted by molar-refractivity contribution is 0.0594. The number of pyridine rings is 1. The fourth-order valence-electron chi connectivity index (χ4n) is 2.01. The van der Waals surface area contributed by atoms with Gasteiger partial charge in [0.15, 0.2) is 0 Å². The highest BCUT2D eigenvalue weighted by Crippen LogP contribution is 2.18. The van der Waals surface area contributed by atoms with Crippen molar-refractivity contribution in [3.8, 4) is 0 Å². The number of aromatic nitrogens is 1. The normalized spacial score (nSPS) is 11.5. The molecule has 1 N–H and O–H groups in total. The van der Waals surface area contributed by atoms with E-state index in [1.165, 1.54) is 7.11 Å². The monoisotopic (exact) mass is 265 g/mol. The maximum atomic E-state index is 11.4. The molecule has 5 heteroatoms. The molecule has 0 aliphatic carbocycles. The van der Waals surface area contributed by atoms with Crippen molar-refractivity contribution in [1.82, 2.24) is 9.88 Å². The van der Waals surface area contributed by atoms with Gasteiger partial charge in [0.25, 0.3) is 0 Å². The summed E-state index contributed by atoms with van der Waals surface area (Å²) in [5.74, 6) is -0.420. The molecular weight excluding hydrogens is 242 g/mol. The Morgan fingerprint density at radius 3 is 2.74 bits per heavy atom. The number of methoxy groups -OCH3 is 1. The third-order valence-electron chi connectivity index (χ3n) is 2.67. The van der Waals surface area contributed by atoms with Crippen molar-refractivity contribution >= 4 is 11.7 Å². The van der Waals surface area contributed by atoms with E-state index < -0.39 is 5.97 Å². The summed E-state index contributed by atoms with van der Waals surface area (Å²) >= 11 is 0. The Morgan fingerprint density at radius 1 is 1.47 bits per heavy atom. The molecule has 0 radical (unpaired) electrons. The number of nitrogens with one attached hydrogen (secondary N) is 1. The standard InChI is InChI=1S/C14H23N3O2/c1-14(2,10-17(3)4)9-16-11-6-7-15-12(8-11)13(18)19-5/h6-8H,9-10H2,1-5H3,(H,15,16). The number of carbonyl (C=O) groups excluding carboxylic acids is 1. The van der Waals surface area contributed by atoms with Crippen LogP contribution < -0.4 is 5.32 Å². The van der Waals surface area contributed by atoms with Gasteiger partial charge in [-0.15, -0.1) is 0 Å². The second-order valence-corrected chi connectivity index (χ2v) is 5.68. The summed E-state index contributed by atoms with van der Waals surface area (Å²) < 4.78 is 4.65. The van der Waals surface area contributed by atoms with E-state index in [9.17, 15) is 4.79 Å². The molecule has 0 saturated carbocycles. The van der Waals surface area contributed by atoms with Crippen LogP contribution in [0.4, 0.5) is 5.69 Å². The van der Waals surface area contributed by atoms with Crippen LogP contribution in [0.1, 0.15) is 24.3 Å². The van der Waals surface area contributed by atoms with Gasteiger partial charge in [-0.3, -0.25) is 0 Å². The van der Waals surface area contributed by atoms with Crippen molar-refractivity contribution in [3.63, 3.8) is 0 Å². The van der Waals surface area contributed by atoms with Gasteiger partial charge in [0.05, 0.1) is 7.11 Å². The fourth-order valence-corrected chi connectivity index (χ4v) is 2.01. The molecule has 1 aromatic rings. The maximum Gasteiger partial charge on any atom is 0.356 e. The SMILES string of the molecule is COC(=O)c1cc(NCC(C)(C)CN(C)C)ccn1. The van der Waals surface area contributed by atoms with E-state index in [0.717, 1.165) is 18.8 Å². The lowest BCUT2D eigenvalue weighted by atomic mass is 9.93. The molecule has 0 unspecified atom stereocenters. The Hall–Kier alpha value is -1.62. The second-order valence-electron chi connectivity index (χ2n) is 5.68. The fraction of sp³-hybridized carbons (Fsp3) is 0.571. The van der Waals surface area contributed by atoms with Gasteiger partial charge in [-0.05, 0) is 31.6 Å². The van der Waals surface area contributed by atoms with Crippen LogP contribution in [-0.4, -0.2) is 50.1 Å². The van der Waals surface area contributed by atoms with Crippen molar-refractivity contribution < 1.29 is 9.53 Å². The number of nitrogens with zero attached hydrogens (tertiary/aromatic N) is 2. The molecule has 1 heterocycles. The lowest BCUT2D eigenvalue weighted by Gasteiger charge is -2.28. The average molecular weight is 265 g/mol. The Kier molecular flexibility index (Phi) is 5.30. The molecule has 0 amide bonds. The Morgan fingerprint density at radius 2 is 2.16 bits per heavy atom.